The van der Waals surface area contributed by atoms with Gasteiger partial charge in [0.1, 0.15) is 16.0 Å². The molecule has 1 amide bonds. The Bertz CT molecular complexity index is 1040. The SMILES string of the molecule is CN(C1CCCCC1)S(=O)(=O)c1ccc(S[C@@H](C(=O)NC2CC2)c2ccc(F)cc2)nc1. The second kappa shape index (κ2) is 9.89. The number of pyridine rings is 1. The first kappa shape index (κ1) is 23.2. The number of halogens is 1. The maximum Gasteiger partial charge on any atom is 0.244 e. The molecule has 6 nitrogen and oxygen atoms in total. The van der Waals surface area contributed by atoms with Crippen molar-refractivity contribution in [2.75, 3.05) is 7.05 Å². The average molecular weight is 478 g/mol. The van der Waals surface area contributed by atoms with Crippen molar-refractivity contribution in [3.63, 3.8) is 0 Å². The maximum atomic E-state index is 13.4. The fraction of sp³-hybridized carbons (Fsp3) is 0.478. The number of hydrogen-bond donors (Lipinski definition) is 1. The minimum absolute atomic E-state index is 0.0248. The highest BCUT2D eigenvalue weighted by Crippen LogP contribution is 2.36. The number of nitrogens with one attached hydrogen (secondary N) is 1. The highest BCUT2D eigenvalue weighted by molar-refractivity contribution is 8.00. The van der Waals surface area contributed by atoms with Crippen molar-refractivity contribution >= 4 is 27.7 Å². The van der Waals surface area contributed by atoms with E-state index >= 15 is 0 Å². The predicted molar refractivity (Wildman–Crippen MR) is 122 cm³/mol. The topological polar surface area (TPSA) is 79.4 Å². The number of hydrogen-bond acceptors (Lipinski definition) is 5. The van der Waals surface area contributed by atoms with Gasteiger partial charge in [-0.25, -0.2) is 17.8 Å². The lowest BCUT2D eigenvalue weighted by molar-refractivity contribution is -0.120. The molecule has 2 aliphatic carbocycles. The van der Waals surface area contributed by atoms with Crippen LogP contribution in [0.1, 0.15) is 55.8 Å². The van der Waals surface area contributed by atoms with Crippen LogP contribution in [0.5, 0.6) is 0 Å². The van der Waals surface area contributed by atoms with Gasteiger partial charge in [0.2, 0.25) is 15.9 Å². The number of carbonyl (C=O) groups excluding carboxylic acids is 1. The summed E-state index contributed by atoms with van der Waals surface area (Å²) in [6.45, 7) is 0. The van der Waals surface area contributed by atoms with Gasteiger partial charge in [0.05, 0.1) is 5.03 Å². The predicted octanol–water partition coefficient (Wildman–Crippen LogP) is 4.29. The van der Waals surface area contributed by atoms with Gasteiger partial charge < -0.3 is 5.32 Å². The van der Waals surface area contributed by atoms with Crippen LogP contribution >= 0.6 is 11.8 Å². The van der Waals surface area contributed by atoms with E-state index < -0.39 is 15.3 Å². The molecule has 2 fully saturated rings. The molecule has 0 aliphatic heterocycles. The number of nitrogens with zero attached hydrogens (tertiary/aromatic N) is 2. The Morgan fingerprint density at radius 3 is 2.38 bits per heavy atom. The van der Waals surface area contributed by atoms with Crippen molar-refractivity contribution in [3.05, 3.63) is 54.0 Å². The number of sulfonamides is 1. The highest BCUT2D eigenvalue weighted by Gasteiger charge is 2.31. The van der Waals surface area contributed by atoms with E-state index in [-0.39, 0.29) is 28.7 Å². The fourth-order valence-electron chi connectivity index (χ4n) is 3.93. The van der Waals surface area contributed by atoms with Crippen LogP contribution in [0.2, 0.25) is 0 Å². The Balaban J connectivity index is 1.50. The molecule has 0 unspecified atom stereocenters. The van der Waals surface area contributed by atoms with E-state index in [4.69, 9.17) is 0 Å². The van der Waals surface area contributed by atoms with Crippen LogP contribution in [-0.4, -0.2) is 42.7 Å². The summed E-state index contributed by atoms with van der Waals surface area (Å²) in [7, 11) is -1.98. The monoisotopic (exact) mass is 477 g/mol. The van der Waals surface area contributed by atoms with Crippen LogP contribution in [0.25, 0.3) is 0 Å². The molecular formula is C23H28FN3O3S2. The fourth-order valence-corrected chi connectivity index (χ4v) is 6.26. The molecule has 32 heavy (non-hydrogen) atoms. The van der Waals surface area contributed by atoms with Crippen molar-refractivity contribution in [2.45, 2.75) is 72.2 Å². The van der Waals surface area contributed by atoms with Gasteiger partial charge in [-0.05, 0) is 55.5 Å². The van der Waals surface area contributed by atoms with Gasteiger partial charge in [-0.1, -0.05) is 43.2 Å². The van der Waals surface area contributed by atoms with E-state index in [1.807, 2.05) is 0 Å². The van der Waals surface area contributed by atoms with E-state index in [1.165, 1.54) is 34.4 Å². The molecule has 1 atom stereocenters. The maximum absolute atomic E-state index is 13.4. The van der Waals surface area contributed by atoms with E-state index in [9.17, 15) is 17.6 Å². The van der Waals surface area contributed by atoms with Gasteiger partial charge in [-0.15, -0.1) is 0 Å². The van der Waals surface area contributed by atoms with Crippen LogP contribution in [0.15, 0.2) is 52.5 Å². The zero-order valence-corrected chi connectivity index (χ0v) is 19.7. The number of aromatic nitrogens is 1. The normalized spacial score (nSPS) is 18.5. The molecule has 2 aromatic rings. The van der Waals surface area contributed by atoms with Crippen molar-refractivity contribution < 1.29 is 17.6 Å². The van der Waals surface area contributed by atoms with E-state index in [1.54, 1.807) is 31.3 Å². The van der Waals surface area contributed by atoms with Crippen LogP contribution in [0.3, 0.4) is 0 Å². The quantitative estimate of drug-likeness (QED) is 0.574. The molecule has 2 saturated carbocycles. The van der Waals surface area contributed by atoms with Crippen molar-refractivity contribution in [1.29, 1.82) is 0 Å². The van der Waals surface area contributed by atoms with Crippen LogP contribution in [0, 0.1) is 5.82 Å². The summed E-state index contributed by atoms with van der Waals surface area (Å²) in [6, 6.07) is 9.25. The highest BCUT2D eigenvalue weighted by atomic mass is 32.2. The van der Waals surface area contributed by atoms with Gasteiger partial charge in [0, 0.05) is 25.3 Å². The molecule has 1 heterocycles. The lowest BCUT2D eigenvalue weighted by Gasteiger charge is -2.30. The molecule has 4 rings (SSSR count). The lowest BCUT2D eigenvalue weighted by atomic mass is 9.96. The summed E-state index contributed by atoms with van der Waals surface area (Å²) < 4.78 is 40.9. The molecule has 2 aliphatic rings. The first-order valence-electron chi connectivity index (χ1n) is 11.0. The summed E-state index contributed by atoms with van der Waals surface area (Å²) in [4.78, 5) is 17.3. The van der Waals surface area contributed by atoms with Crippen LogP contribution < -0.4 is 5.32 Å². The molecule has 0 saturated heterocycles. The Kier molecular flexibility index (Phi) is 7.17. The molecule has 1 aromatic heterocycles. The van der Waals surface area contributed by atoms with Gasteiger partial charge >= 0.3 is 0 Å². The van der Waals surface area contributed by atoms with Crippen molar-refractivity contribution in [1.82, 2.24) is 14.6 Å². The van der Waals surface area contributed by atoms with Crippen molar-refractivity contribution in [3.8, 4) is 0 Å². The third kappa shape index (κ3) is 5.50. The zero-order valence-electron chi connectivity index (χ0n) is 18.0. The minimum atomic E-state index is -3.62. The number of rotatable bonds is 8. The second-order valence-corrected chi connectivity index (χ2v) is 11.6. The summed E-state index contributed by atoms with van der Waals surface area (Å²) in [5, 5.41) is 2.92. The summed E-state index contributed by atoms with van der Waals surface area (Å²) in [5.41, 5.74) is 0.671. The Morgan fingerprint density at radius 2 is 1.78 bits per heavy atom. The third-order valence-corrected chi connectivity index (χ3v) is 9.15. The van der Waals surface area contributed by atoms with Crippen molar-refractivity contribution in [2.24, 2.45) is 0 Å². The number of benzene rings is 1. The summed E-state index contributed by atoms with van der Waals surface area (Å²) in [6.07, 6.45) is 8.30. The minimum Gasteiger partial charge on any atom is -0.352 e. The summed E-state index contributed by atoms with van der Waals surface area (Å²) >= 11 is 1.23. The molecule has 0 bridgehead atoms. The van der Waals surface area contributed by atoms with E-state index in [2.05, 4.69) is 10.3 Å². The molecule has 1 N–H and O–H groups in total. The molecule has 0 spiro atoms. The smallest absolute Gasteiger partial charge is 0.244 e. The lowest BCUT2D eigenvalue weighted by Crippen LogP contribution is -2.38. The van der Waals surface area contributed by atoms with E-state index in [0.29, 0.717) is 10.6 Å². The number of thioether (sulfide) groups is 1. The largest absolute Gasteiger partial charge is 0.352 e. The Morgan fingerprint density at radius 1 is 1.09 bits per heavy atom. The average Bonchev–Trinajstić information content (AvgIpc) is 3.62. The van der Waals surface area contributed by atoms with Gasteiger partial charge in [-0.2, -0.15) is 4.31 Å². The number of carbonyl (C=O) groups is 1. The van der Waals surface area contributed by atoms with Gasteiger partial charge in [0.25, 0.3) is 0 Å². The Hall–Kier alpha value is -1.97. The molecule has 1 aromatic carbocycles. The molecular weight excluding hydrogens is 449 g/mol. The first-order valence-corrected chi connectivity index (χ1v) is 13.3. The van der Waals surface area contributed by atoms with Gasteiger partial charge in [-0.3, -0.25) is 4.79 Å². The molecule has 9 heteroatoms. The van der Waals surface area contributed by atoms with E-state index in [0.717, 1.165) is 44.9 Å². The number of amides is 1. The first-order chi connectivity index (χ1) is 15.3. The summed E-state index contributed by atoms with van der Waals surface area (Å²) in [5.74, 6) is -0.519. The Labute approximate surface area is 193 Å². The molecule has 0 radical (unpaired) electrons. The standard InChI is InChI=1S/C23H28FN3O3S2/c1-27(19-5-3-2-4-6-19)32(29,30)20-13-14-21(25-15-20)31-22(23(28)26-18-11-12-18)16-7-9-17(24)10-8-16/h7-10,13-15,18-19,22H,2-6,11-12H2,1H3,(H,26,28)/t22-/m1/s1. The van der Waals surface area contributed by atoms with Crippen LogP contribution in [0.4, 0.5) is 4.39 Å². The zero-order chi connectivity index (χ0) is 22.7. The third-order valence-electron chi connectivity index (χ3n) is 6.05. The molecule has 172 valence electrons. The van der Waals surface area contributed by atoms with Crippen LogP contribution in [-0.2, 0) is 14.8 Å². The second-order valence-electron chi connectivity index (χ2n) is 8.48. The van der Waals surface area contributed by atoms with Gasteiger partial charge in [0.15, 0.2) is 0 Å².